The molecule has 2 aliphatic rings. The van der Waals surface area contributed by atoms with Crippen molar-refractivity contribution in [2.45, 2.75) is 18.9 Å². The normalized spacial score (nSPS) is 19.9. The smallest absolute Gasteiger partial charge is 0.153 e. The van der Waals surface area contributed by atoms with Crippen LogP contribution in [-0.4, -0.2) is 65.6 Å². The van der Waals surface area contributed by atoms with Crippen molar-refractivity contribution in [2.24, 2.45) is 0 Å². The zero-order chi connectivity index (χ0) is 19.5. The molecule has 2 fully saturated rings. The molecule has 2 aromatic rings. The van der Waals surface area contributed by atoms with E-state index >= 15 is 0 Å². The average molecular weight is 405 g/mol. The number of aromatic nitrogens is 2. The molecule has 2 aliphatic heterocycles. The fourth-order valence-electron chi connectivity index (χ4n) is 4.17. The molecule has 4 rings (SSSR count). The van der Waals surface area contributed by atoms with Gasteiger partial charge in [0.2, 0.25) is 0 Å². The quantitative estimate of drug-likeness (QED) is 0.826. The molecule has 2 N–H and O–H groups in total. The first-order valence-electron chi connectivity index (χ1n) is 9.84. The Hall–Kier alpha value is -1.96. The van der Waals surface area contributed by atoms with Gasteiger partial charge in [-0.2, -0.15) is 0 Å². The Balaban J connectivity index is 1.48. The van der Waals surface area contributed by atoms with Crippen molar-refractivity contribution in [3.8, 4) is 0 Å². The summed E-state index contributed by atoms with van der Waals surface area (Å²) < 4.78 is 13.4. The van der Waals surface area contributed by atoms with Crippen LogP contribution in [0.25, 0.3) is 0 Å². The molecule has 8 heteroatoms. The second-order valence-corrected chi connectivity index (χ2v) is 7.87. The van der Waals surface area contributed by atoms with Gasteiger partial charge in [0.1, 0.15) is 23.0 Å². The molecule has 0 spiro atoms. The summed E-state index contributed by atoms with van der Waals surface area (Å²) in [6.45, 7) is 6.67. The summed E-state index contributed by atoms with van der Waals surface area (Å²) in [4.78, 5) is 15.4. The second kappa shape index (κ2) is 8.59. The van der Waals surface area contributed by atoms with E-state index in [4.69, 9.17) is 17.3 Å². The summed E-state index contributed by atoms with van der Waals surface area (Å²) in [6.07, 6.45) is 3.98. The zero-order valence-corrected chi connectivity index (χ0v) is 16.7. The van der Waals surface area contributed by atoms with E-state index in [0.29, 0.717) is 16.7 Å². The molecule has 28 heavy (non-hydrogen) atoms. The Bertz CT molecular complexity index is 788. The molecule has 1 unspecified atom stereocenters. The van der Waals surface area contributed by atoms with E-state index in [1.807, 2.05) is 12.1 Å². The average Bonchev–Trinajstić information content (AvgIpc) is 3.23. The Morgan fingerprint density at radius 2 is 1.68 bits per heavy atom. The number of nitrogens with two attached hydrogens (primary N) is 1. The van der Waals surface area contributed by atoms with Crippen LogP contribution in [0, 0.1) is 5.82 Å². The van der Waals surface area contributed by atoms with E-state index in [1.165, 1.54) is 24.7 Å². The molecule has 0 amide bonds. The highest BCUT2D eigenvalue weighted by molar-refractivity contribution is 6.35. The highest BCUT2D eigenvalue weighted by Gasteiger charge is 2.29. The Labute approximate surface area is 170 Å². The minimum Gasteiger partial charge on any atom is -0.382 e. The van der Waals surface area contributed by atoms with Crippen LogP contribution in [0.5, 0.6) is 0 Å². The largest absolute Gasteiger partial charge is 0.382 e. The maximum atomic E-state index is 13.4. The molecule has 0 aliphatic carbocycles. The number of benzene rings is 1. The number of nitrogens with zero attached hydrogens (tertiary/aromatic N) is 5. The molecular weight excluding hydrogens is 379 g/mol. The number of likely N-dealkylation sites (tertiary alicyclic amines) is 1. The van der Waals surface area contributed by atoms with E-state index in [0.717, 1.165) is 45.8 Å². The third-order valence-electron chi connectivity index (χ3n) is 5.74. The minimum atomic E-state index is -0.190. The van der Waals surface area contributed by atoms with Gasteiger partial charge in [0.25, 0.3) is 0 Å². The highest BCUT2D eigenvalue weighted by atomic mass is 35.5. The van der Waals surface area contributed by atoms with Crippen LogP contribution in [-0.2, 0) is 0 Å². The lowest BCUT2D eigenvalue weighted by Crippen LogP contribution is -2.50. The molecule has 0 bridgehead atoms. The summed E-state index contributed by atoms with van der Waals surface area (Å²) in [7, 11) is 0. The first-order chi connectivity index (χ1) is 13.6. The van der Waals surface area contributed by atoms with Crippen molar-refractivity contribution in [3.63, 3.8) is 0 Å². The Kier molecular flexibility index (Phi) is 5.94. The van der Waals surface area contributed by atoms with Gasteiger partial charge >= 0.3 is 0 Å². The van der Waals surface area contributed by atoms with Gasteiger partial charge < -0.3 is 15.5 Å². The molecule has 1 aromatic carbocycles. The number of rotatable bonds is 5. The van der Waals surface area contributed by atoms with Gasteiger partial charge in [-0.05, 0) is 43.6 Å². The molecular formula is C20H26ClFN6. The van der Waals surface area contributed by atoms with E-state index in [9.17, 15) is 4.39 Å². The van der Waals surface area contributed by atoms with Gasteiger partial charge in [0, 0.05) is 38.8 Å². The maximum Gasteiger partial charge on any atom is 0.153 e. The molecule has 150 valence electrons. The van der Waals surface area contributed by atoms with E-state index < -0.39 is 0 Å². The summed E-state index contributed by atoms with van der Waals surface area (Å²) in [5.74, 6) is 0.823. The first-order valence-corrected chi connectivity index (χ1v) is 10.2. The predicted octanol–water partition coefficient (Wildman–Crippen LogP) is 2.81. The number of hydrogen-bond donors (Lipinski definition) is 1. The fraction of sp³-hybridized carbons (Fsp3) is 0.500. The van der Waals surface area contributed by atoms with Crippen molar-refractivity contribution in [1.29, 1.82) is 0 Å². The number of hydrogen-bond acceptors (Lipinski definition) is 6. The van der Waals surface area contributed by atoms with E-state index in [2.05, 4.69) is 24.7 Å². The van der Waals surface area contributed by atoms with Crippen LogP contribution >= 0.6 is 11.6 Å². The summed E-state index contributed by atoms with van der Waals surface area (Å²) in [5.41, 5.74) is 7.00. The molecule has 6 nitrogen and oxygen atoms in total. The van der Waals surface area contributed by atoms with Crippen LogP contribution in [0.15, 0.2) is 30.6 Å². The molecule has 1 atom stereocenters. The molecule has 3 heterocycles. The molecule has 1 aromatic heterocycles. The monoisotopic (exact) mass is 404 g/mol. The van der Waals surface area contributed by atoms with Crippen LogP contribution in [0.4, 0.5) is 16.0 Å². The van der Waals surface area contributed by atoms with Crippen LogP contribution < -0.4 is 10.6 Å². The first kappa shape index (κ1) is 19.4. The number of halogens is 2. The SMILES string of the molecule is Nc1ncnc(N2CCN(C(CN3CCCC3)c3ccc(F)cc3)CC2)c1Cl. The minimum absolute atomic E-state index is 0.190. The maximum absolute atomic E-state index is 13.4. The van der Waals surface area contributed by atoms with Gasteiger partial charge in [-0.3, -0.25) is 4.90 Å². The van der Waals surface area contributed by atoms with Gasteiger partial charge in [0.15, 0.2) is 5.82 Å². The second-order valence-electron chi connectivity index (χ2n) is 7.49. The van der Waals surface area contributed by atoms with Crippen molar-refractivity contribution < 1.29 is 4.39 Å². The zero-order valence-electron chi connectivity index (χ0n) is 15.9. The van der Waals surface area contributed by atoms with Crippen molar-refractivity contribution >= 4 is 23.2 Å². The molecule has 2 saturated heterocycles. The van der Waals surface area contributed by atoms with Crippen LogP contribution in [0.2, 0.25) is 5.02 Å². The lowest BCUT2D eigenvalue weighted by molar-refractivity contribution is 0.143. The fourth-order valence-corrected chi connectivity index (χ4v) is 4.38. The van der Waals surface area contributed by atoms with E-state index in [1.54, 1.807) is 12.1 Å². The van der Waals surface area contributed by atoms with Gasteiger partial charge in [-0.25, -0.2) is 14.4 Å². The predicted molar refractivity (Wildman–Crippen MR) is 110 cm³/mol. The number of nitrogen functional groups attached to an aromatic ring is 1. The van der Waals surface area contributed by atoms with Crippen molar-refractivity contribution in [1.82, 2.24) is 19.8 Å². The third-order valence-corrected chi connectivity index (χ3v) is 6.10. The molecule has 0 saturated carbocycles. The number of piperazine rings is 1. The van der Waals surface area contributed by atoms with Crippen molar-refractivity contribution in [2.75, 3.05) is 56.4 Å². The third kappa shape index (κ3) is 4.21. The lowest BCUT2D eigenvalue weighted by Gasteiger charge is -2.41. The van der Waals surface area contributed by atoms with Crippen molar-refractivity contribution in [3.05, 3.63) is 47.0 Å². The summed E-state index contributed by atoms with van der Waals surface area (Å²) in [6, 6.07) is 7.22. The summed E-state index contributed by atoms with van der Waals surface area (Å²) >= 11 is 6.30. The van der Waals surface area contributed by atoms with Gasteiger partial charge in [0.05, 0.1) is 0 Å². The Morgan fingerprint density at radius 3 is 2.36 bits per heavy atom. The Morgan fingerprint density at radius 1 is 1.00 bits per heavy atom. The lowest BCUT2D eigenvalue weighted by atomic mass is 10.0. The topological polar surface area (TPSA) is 61.5 Å². The molecule has 0 radical (unpaired) electrons. The summed E-state index contributed by atoms with van der Waals surface area (Å²) in [5, 5.41) is 0.420. The highest BCUT2D eigenvalue weighted by Crippen LogP contribution is 2.30. The van der Waals surface area contributed by atoms with E-state index in [-0.39, 0.29) is 11.9 Å². The number of anilines is 2. The standard InChI is InChI=1S/C20H26ClFN6/c21-18-19(23)24-14-25-20(18)28-11-9-27(10-12-28)17(13-26-7-1-2-8-26)15-3-5-16(22)6-4-15/h3-6,14,17H,1-2,7-13H2,(H2,23,24,25). The van der Waals surface area contributed by atoms with Gasteiger partial charge in [-0.1, -0.05) is 23.7 Å². The van der Waals surface area contributed by atoms with Crippen LogP contribution in [0.1, 0.15) is 24.4 Å². The van der Waals surface area contributed by atoms with Gasteiger partial charge in [-0.15, -0.1) is 0 Å². The van der Waals surface area contributed by atoms with Crippen LogP contribution in [0.3, 0.4) is 0 Å².